The number of aromatic nitrogens is 1. The second kappa shape index (κ2) is 5.01. The van der Waals surface area contributed by atoms with Crippen LogP contribution in [0.25, 0.3) is 0 Å². The number of thiazole rings is 1. The zero-order valence-electron chi connectivity index (χ0n) is 8.41. The van der Waals surface area contributed by atoms with E-state index in [0.29, 0.717) is 5.01 Å². The van der Waals surface area contributed by atoms with Crippen molar-refractivity contribution in [2.45, 2.75) is 6.42 Å². The smallest absolute Gasteiger partial charge is 0.175 e. The molecule has 1 heterocycles. The van der Waals surface area contributed by atoms with Crippen LogP contribution >= 0.6 is 27.3 Å². The van der Waals surface area contributed by atoms with Crippen LogP contribution in [0, 0.1) is 11.6 Å². The van der Waals surface area contributed by atoms with Gasteiger partial charge >= 0.3 is 0 Å². The van der Waals surface area contributed by atoms with Crippen molar-refractivity contribution >= 4 is 33.0 Å². The summed E-state index contributed by atoms with van der Waals surface area (Å²) in [6.07, 6.45) is 1.45. The summed E-state index contributed by atoms with van der Waals surface area (Å²) in [5.74, 6) is -2.33. The monoisotopic (exact) mass is 317 g/mol. The number of carbonyl (C=O) groups excluding carboxylic acids is 1. The molecule has 2 aromatic rings. The molecule has 0 spiro atoms. The first-order valence-corrected chi connectivity index (χ1v) is 6.31. The highest BCUT2D eigenvalue weighted by Crippen LogP contribution is 2.21. The van der Waals surface area contributed by atoms with Gasteiger partial charge in [0.15, 0.2) is 5.78 Å². The number of rotatable bonds is 3. The Morgan fingerprint density at radius 1 is 1.35 bits per heavy atom. The predicted octanol–water partition coefficient (Wildman–Crippen LogP) is 3.61. The molecule has 0 atom stereocenters. The van der Waals surface area contributed by atoms with E-state index in [9.17, 15) is 13.6 Å². The minimum absolute atomic E-state index is 0.0901. The molecule has 1 aromatic carbocycles. The highest BCUT2D eigenvalue weighted by molar-refractivity contribution is 9.10. The quantitative estimate of drug-likeness (QED) is 0.809. The van der Waals surface area contributed by atoms with E-state index in [-0.39, 0.29) is 10.9 Å². The van der Waals surface area contributed by atoms with Gasteiger partial charge in [0.05, 0.1) is 12.0 Å². The van der Waals surface area contributed by atoms with E-state index in [0.717, 1.165) is 12.1 Å². The lowest BCUT2D eigenvalue weighted by Gasteiger charge is -2.03. The Morgan fingerprint density at radius 2 is 2.00 bits per heavy atom. The Balaban J connectivity index is 2.31. The van der Waals surface area contributed by atoms with Gasteiger partial charge in [0, 0.05) is 16.0 Å². The summed E-state index contributed by atoms with van der Waals surface area (Å²) in [6, 6.07) is 2.14. The molecule has 0 bridgehead atoms. The molecule has 0 unspecified atom stereocenters. The summed E-state index contributed by atoms with van der Waals surface area (Å²) in [4.78, 5) is 15.6. The molecule has 0 amide bonds. The Morgan fingerprint density at radius 3 is 2.53 bits per heavy atom. The standard InChI is InChI=1S/C11H6BrF2NOS/c12-6-3-7(13)11(8(14)4-6)9(16)5-10-15-1-2-17-10/h1-4H,5H2. The van der Waals surface area contributed by atoms with Crippen LogP contribution < -0.4 is 0 Å². The lowest BCUT2D eigenvalue weighted by molar-refractivity contribution is 0.0985. The maximum absolute atomic E-state index is 13.5. The van der Waals surface area contributed by atoms with Crippen LogP contribution in [0.4, 0.5) is 8.78 Å². The SMILES string of the molecule is O=C(Cc1nccs1)c1c(F)cc(Br)cc1F. The van der Waals surface area contributed by atoms with E-state index in [1.807, 2.05) is 0 Å². The molecule has 0 saturated carbocycles. The van der Waals surface area contributed by atoms with Gasteiger partial charge in [-0.05, 0) is 12.1 Å². The Bertz CT molecular complexity index is 534. The summed E-state index contributed by atoms with van der Waals surface area (Å²) < 4.78 is 27.2. The molecular formula is C11H6BrF2NOS. The van der Waals surface area contributed by atoms with E-state index in [1.165, 1.54) is 11.3 Å². The molecule has 2 rings (SSSR count). The van der Waals surface area contributed by atoms with Crippen molar-refractivity contribution in [3.05, 3.63) is 50.4 Å². The van der Waals surface area contributed by atoms with Gasteiger partial charge in [-0.1, -0.05) is 15.9 Å². The molecule has 0 aliphatic carbocycles. The number of ketones is 1. The van der Waals surface area contributed by atoms with Crippen molar-refractivity contribution in [3.63, 3.8) is 0 Å². The fourth-order valence-electron chi connectivity index (χ4n) is 1.37. The molecule has 0 fully saturated rings. The average molecular weight is 318 g/mol. The highest BCUT2D eigenvalue weighted by Gasteiger charge is 2.19. The van der Waals surface area contributed by atoms with Gasteiger partial charge in [0.25, 0.3) is 0 Å². The van der Waals surface area contributed by atoms with Crippen LogP contribution in [0.3, 0.4) is 0 Å². The van der Waals surface area contributed by atoms with Crippen molar-refractivity contribution in [1.82, 2.24) is 4.98 Å². The van der Waals surface area contributed by atoms with Gasteiger partial charge in [-0.25, -0.2) is 13.8 Å². The molecule has 2 nitrogen and oxygen atoms in total. The van der Waals surface area contributed by atoms with Gasteiger partial charge < -0.3 is 0 Å². The molecule has 6 heteroatoms. The van der Waals surface area contributed by atoms with Crippen molar-refractivity contribution in [2.75, 3.05) is 0 Å². The lowest BCUT2D eigenvalue weighted by Crippen LogP contribution is -2.09. The largest absolute Gasteiger partial charge is 0.293 e. The highest BCUT2D eigenvalue weighted by atomic mass is 79.9. The molecule has 88 valence electrons. The Hall–Kier alpha value is -1.14. The molecule has 0 aliphatic rings. The second-order valence-corrected chi connectivity index (χ2v) is 5.17. The molecule has 0 saturated heterocycles. The van der Waals surface area contributed by atoms with Gasteiger partial charge in [-0.15, -0.1) is 11.3 Å². The third-order valence-electron chi connectivity index (χ3n) is 2.08. The fraction of sp³-hybridized carbons (Fsp3) is 0.0909. The van der Waals surface area contributed by atoms with Gasteiger partial charge in [-0.2, -0.15) is 0 Å². The van der Waals surface area contributed by atoms with Crippen LogP contribution in [0.5, 0.6) is 0 Å². The van der Waals surface area contributed by atoms with E-state index < -0.39 is 23.0 Å². The Labute approximate surface area is 108 Å². The van der Waals surface area contributed by atoms with Crippen molar-refractivity contribution in [3.8, 4) is 0 Å². The van der Waals surface area contributed by atoms with Crippen LogP contribution in [0.15, 0.2) is 28.2 Å². The van der Waals surface area contributed by atoms with Gasteiger partial charge in [0.1, 0.15) is 16.6 Å². The normalized spacial score (nSPS) is 10.5. The molecular weight excluding hydrogens is 312 g/mol. The van der Waals surface area contributed by atoms with E-state index >= 15 is 0 Å². The van der Waals surface area contributed by atoms with Crippen molar-refractivity contribution < 1.29 is 13.6 Å². The first-order valence-electron chi connectivity index (χ1n) is 4.64. The third kappa shape index (κ3) is 2.76. The Kier molecular flexibility index (Phi) is 3.63. The molecule has 0 N–H and O–H groups in total. The summed E-state index contributed by atoms with van der Waals surface area (Å²) in [6.45, 7) is 0. The number of halogens is 3. The fourth-order valence-corrected chi connectivity index (χ4v) is 2.39. The number of Topliss-reactive ketones (excluding diaryl/α,β-unsaturated/α-hetero) is 1. The van der Waals surface area contributed by atoms with E-state index in [1.54, 1.807) is 11.6 Å². The number of carbonyl (C=O) groups is 1. The summed E-state index contributed by atoms with van der Waals surface area (Å²) in [5.41, 5.74) is -0.511. The van der Waals surface area contributed by atoms with Gasteiger partial charge in [0.2, 0.25) is 0 Å². The van der Waals surface area contributed by atoms with Gasteiger partial charge in [-0.3, -0.25) is 4.79 Å². The first kappa shape index (κ1) is 12.3. The number of benzene rings is 1. The minimum atomic E-state index is -0.863. The molecule has 0 aliphatic heterocycles. The van der Waals surface area contributed by atoms with Crippen LogP contribution in [-0.4, -0.2) is 10.8 Å². The zero-order valence-corrected chi connectivity index (χ0v) is 10.8. The average Bonchev–Trinajstić information content (AvgIpc) is 2.68. The van der Waals surface area contributed by atoms with Crippen molar-refractivity contribution in [1.29, 1.82) is 0 Å². The molecule has 0 radical (unpaired) electrons. The topological polar surface area (TPSA) is 30.0 Å². The summed E-state index contributed by atoms with van der Waals surface area (Å²) in [7, 11) is 0. The number of hydrogen-bond acceptors (Lipinski definition) is 3. The van der Waals surface area contributed by atoms with Crippen LogP contribution in [0.1, 0.15) is 15.4 Å². The maximum atomic E-state index is 13.5. The van der Waals surface area contributed by atoms with Crippen molar-refractivity contribution in [2.24, 2.45) is 0 Å². The predicted molar refractivity (Wildman–Crippen MR) is 64.2 cm³/mol. The minimum Gasteiger partial charge on any atom is -0.293 e. The van der Waals surface area contributed by atoms with E-state index in [2.05, 4.69) is 20.9 Å². The van der Waals surface area contributed by atoms with Crippen LogP contribution in [0.2, 0.25) is 0 Å². The molecule has 1 aromatic heterocycles. The maximum Gasteiger partial charge on any atom is 0.175 e. The van der Waals surface area contributed by atoms with Crippen LogP contribution in [-0.2, 0) is 6.42 Å². The lowest BCUT2D eigenvalue weighted by atomic mass is 10.1. The third-order valence-corrected chi connectivity index (χ3v) is 3.32. The zero-order chi connectivity index (χ0) is 12.4. The first-order chi connectivity index (χ1) is 8.08. The molecule has 17 heavy (non-hydrogen) atoms. The number of hydrogen-bond donors (Lipinski definition) is 0. The summed E-state index contributed by atoms with van der Waals surface area (Å²) >= 11 is 4.23. The summed E-state index contributed by atoms with van der Waals surface area (Å²) in [5, 5.41) is 2.24. The second-order valence-electron chi connectivity index (χ2n) is 3.27. The van der Waals surface area contributed by atoms with E-state index in [4.69, 9.17) is 0 Å². The number of nitrogens with zero attached hydrogens (tertiary/aromatic N) is 1.